The van der Waals surface area contributed by atoms with Gasteiger partial charge in [0.2, 0.25) is 0 Å². The van der Waals surface area contributed by atoms with E-state index < -0.39 is 6.10 Å². The van der Waals surface area contributed by atoms with Crippen LogP contribution in [0.15, 0.2) is 42.5 Å². The number of phenolic OH excluding ortho intramolecular Hbond substituents is 3. The quantitative estimate of drug-likeness (QED) is 0.477. The molecule has 0 aromatic heterocycles. The van der Waals surface area contributed by atoms with Gasteiger partial charge < -0.3 is 25.2 Å². The fraction of sp³-hybridized carbons (Fsp3) is 0.200. The van der Waals surface area contributed by atoms with E-state index in [0.29, 0.717) is 28.0 Å². The number of hydrogen-bond donors (Lipinski definition) is 4. The van der Waals surface area contributed by atoms with E-state index in [1.807, 2.05) is 0 Å². The number of hydrogen-bond acceptors (Lipinski definition) is 5. The average molecular weight is 342 g/mol. The Morgan fingerprint density at radius 1 is 1.04 bits per heavy atom. The number of aliphatic hydroxyl groups is 1. The summed E-state index contributed by atoms with van der Waals surface area (Å²) in [6.45, 7) is 5.46. The summed E-state index contributed by atoms with van der Waals surface area (Å²) in [6, 6.07) is 7.59. The van der Waals surface area contributed by atoms with Crippen LogP contribution in [0.4, 0.5) is 0 Å². The minimum Gasteiger partial charge on any atom is -0.508 e. The minimum atomic E-state index is -0.740. The van der Waals surface area contributed by atoms with Crippen LogP contribution in [-0.4, -0.2) is 33.6 Å². The fourth-order valence-corrected chi connectivity index (χ4v) is 2.47. The molecule has 0 heterocycles. The standard InChI is InChI=1S/C20H22O5/c1-12(2)18(23)10-15-6-13(9-19(24)20(15)25-3)4-5-14-7-16(21)11-17(22)8-14/h4-9,11,18,21-24H,1,10H2,2-3H3/b5-4+. The van der Waals surface area contributed by atoms with Crippen molar-refractivity contribution in [1.29, 1.82) is 0 Å². The second-order valence-electron chi connectivity index (χ2n) is 5.91. The highest BCUT2D eigenvalue weighted by atomic mass is 16.5. The molecule has 132 valence electrons. The molecular weight excluding hydrogens is 320 g/mol. The Bertz CT molecular complexity index is 788. The molecule has 2 aromatic rings. The van der Waals surface area contributed by atoms with Crippen LogP contribution in [0, 0.1) is 0 Å². The maximum absolute atomic E-state index is 10.2. The zero-order valence-electron chi connectivity index (χ0n) is 14.2. The zero-order valence-corrected chi connectivity index (χ0v) is 14.2. The Morgan fingerprint density at radius 3 is 2.12 bits per heavy atom. The van der Waals surface area contributed by atoms with Gasteiger partial charge >= 0.3 is 0 Å². The first kappa shape index (κ1) is 18.4. The lowest BCUT2D eigenvalue weighted by Crippen LogP contribution is -2.12. The average Bonchev–Trinajstić information content (AvgIpc) is 2.51. The minimum absolute atomic E-state index is 0.0349. The molecule has 0 aliphatic rings. The molecule has 1 atom stereocenters. The van der Waals surface area contributed by atoms with E-state index in [-0.39, 0.29) is 23.7 Å². The van der Waals surface area contributed by atoms with E-state index in [1.165, 1.54) is 31.4 Å². The third kappa shape index (κ3) is 4.78. The molecule has 2 rings (SSSR count). The summed E-state index contributed by atoms with van der Waals surface area (Å²) >= 11 is 0. The molecule has 5 nitrogen and oxygen atoms in total. The van der Waals surface area contributed by atoms with Crippen molar-refractivity contribution in [3.8, 4) is 23.0 Å². The van der Waals surface area contributed by atoms with E-state index in [0.717, 1.165) is 0 Å². The van der Waals surface area contributed by atoms with Crippen LogP contribution in [0.25, 0.3) is 12.2 Å². The molecule has 0 radical (unpaired) electrons. The third-order valence-corrected chi connectivity index (χ3v) is 3.75. The summed E-state index contributed by atoms with van der Waals surface area (Å²) in [7, 11) is 1.46. The Hall–Kier alpha value is -2.92. The van der Waals surface area contributed by atoms with Crippen LogP contribution in [0.5, 0.6) is 23.0 Å². The van der Waals surface area contributed by atoms with Gasteiger partial charge in [0.1, 0.15) is 11.5 Å². The largest absolute Gasteiger partial charge is 0.508 e. The van der Waals surface area contributed by atoms with Crippen molar-refractivity contribution < 1.29 is 25.2 Å². The molecule has 25 heavy (non-hydrogen) atoms. The molecule has 2 aromatic carbocycles. The van der Waals surface area contributed by atoms with Crippen molar-refractivity contribution in [3.05, 3.63) is 59.2 Å². The first-order valence-corrected chi connectivity index (χ1v) is 7.74. The van der Waals surface area contributed by atoms with Crippen LogP contribution in [0.2, 0.25) is 0 Å². The van der Waals surface area contributed by atoms with E-state index in [9.17, 15) is 20.4 Å². The monoisotopic (exact) mass is 342 g/mol. The molecule has 0 bridgehead atoms. The summed E-state index contributed by atoms with van der Waals surface area (Å²) in [5.74, 6) is 0.199. The summed E-state index contributed by atoms with van der Waals surface area (Å²) in [5, 5.41) is 39.2. The van der Waals surface area contributed by atoms with Gasteiger partial charge in [0.15, 0.2) is 11.5 Å². The number of aromatic hydroxyl groups is 3. The Balaban J connectivity index is 2.36. The van der Waals surface area contributed by atoms with Crippen molar-refractivity contribution in [2.75, 3.05) is 7.11 Å². The van der Waals surface area contributed by atoms with Crippen molar-refractivity contribution >= 4 is 12.2 Å². The van der Waals surface area contributed by atoms with Gasteiger partial charge in [-0.05, 0) is 42.3 Å². The lowest BCUT2D eigenvalue weighted by molar-refractivity contribution is 0.210. The van der Waals surface area contributed by atoms with Crippen LogP contribution in [0.3, 0.4) is 0 Å². The smallest absolute Gasteiger partial charge is 0.163 e. The van der Waals surface area contributed by atoms with Gasteiger partial charge in [-0.2, -0.15) is 0 Å². The number of rotatable bonds is 6. The second kappa shape index (κ2) is 7.77. The third-order valence-electron chi connectivity index (χ3n) is 3.75. The molecule has 0 amide bonds. The maximum Gasteiger partial charge on any atom is 0.163 e. The van der Waals surface area contributed by atoms with E-state index in [1.54, 1.807) is 25.1 Å². The molecular formula is C20H22O5. The summed E-state index contributed by atoms with van der Waals surface area (Å²) < 4.78 is 5.22. The molecule has 4 N–H and O–H groups in total. The van der Waals surface area contributed by atoms with Crippen molar-refractivity contribution in [2.24, 2.45) is 0 Å². The molecule has 0 spiro atoms. The number of methoxy groups -OCH3 is 1. The second-order valence-corrected chi connectivity index (χ2v) is 5.91. The lowest BCUT2D eigenvalue weighted by atomic mass is 9.99. The van der Waals surface area contributed by atoms with Gasteiger partial charge in [-0.3, -0.25) is 0 Å². The van der Waals surface area contributed by atoms with Gasteiger partial charge in [0.05, 0.1) is 13.2 Å². The van der Waals surface area contributed by atoms with E-state index in [4.69, 9.17) is 4.74 Å². The normalized spacial score (nSPS) is 12.3. The molecule has 0 aliphatic heterocycles. The van der Waals surface area contributed by atoms with E-state index in [2.05, 4.69) is 6.58 Å². The van der Waals surface area contributed by atoms with Crippen molar-refractivity contribution in [3.63, 3.8) is 0 Å². The Morgan fingerprint density at radius 2 is 1.60 bits per heavy atom. The SMILES string of the molecule is C=C(C)C(O)Cc1cc(/C=C/c2cc(O)cc(O)c2)cc(O)c1OC. The predicted molar refractivity (Wildman–Crippen MR) is 97.9 cm³/mol. The maximum atomic E-state index is 10.2. The summed E-state index contributed by atoms with van der Waals surface area (Å²) in [5.41, 5.74) is 2.57. The van der Waals surface area contributed by atoms with Gasteiger partial charge in [-0.1, -0.05) is 24.3 Å². The van der Waals surface area contributed by atoms with Gasteiger partial charge in [-0.15, -0.1) is 0 Å². The van der Waals surface area contributed by atoms with Crippen molar-refractivity contribution in [1.82, 2.24) is 0 Å². The van der Waals surface area contributed by atoms with Crippen molar-refractivity contribution in [2.45, 2.75) is 19.4 Å². The number of phenols is 3. The predicted octanol–water partition coefficient (Wildman–Crippen LogP) is 3.46. The fourth-order valence-electron chi connectivity index (χ4n) is 2.47. The highest BCUT2D eigenvalue weighted by Gasteiger charge is 2.14. The highest BCUT2D eigenvalue weighted by Crippen LogP contribution is 2.34. The Labute approximate surface area is 146 Å². The number of ether oxygens (including phenoxy) is 1. The number of aliphatic hydroxyl groups excluding tert-OH is 1. The summed E-state index contributed by atoms with van der Waals surface area (Å²) in [6.07, 6.45) is 2.94. The number of benzene rings is 2. The molecule has 5 heteroatoms. The van der Waals surface area contributed by atoms with Crippen LogP contribution < -0.4 is 4.74 Å². The molecule has 0 aliphatic carbocycles. The van der Waals surface area contributed by atoms with Gasteiger partial charge in [0.25, 0.3) is 0 Å². The lowest BCUT2D eigenvalue weighted by Gasteiger charge is -2.15. The van der Waals surface area contributed by atoms with Gasteiger partial charge in [-0.25, -0.2) is 0 Å². The van der Waals surface area contributed by atoms with Crippen LogP contribution in [0.1, 0.15) is 23.6 Å². The molecule has 0 fully saturated rings. The van der Waals surface area contributed by atoms with Crippen LogP contribution >= 0.6 is 0 Å². The van der Waals surface area contributed by atoms with Crippen LogP contribution in [-0.2, 0) is 6.42 Å². The van der Waals surface area contributed by atoms with E-state index >= 15 is 0 Å². The zero-order chi connectivity index (χ0) is 18.6. The van der Waals surface area contributed by atoms with Gasteiger partial charge in [0, 0.05) is 18.1 Å². The first-order chi connectivity index (χ1) is 11.8. The Kier molecular flexibility index (Phi) is 5.72. The first-order valence-electron chi connectivity index (χ1n) is 7.74. The highest BCUT2D eigenvalue weighted by molar-refractivity contribution is 5.72. The molecule has 0 saturated heterocycles. The summed E-state index contributed by atoms with van der Waals surface area (Å²) in [4.78, 5) is 0. The molecule has 1 unspecified atom stereocenters. The topological polar surface area (TPSA) is 90.2 Å². The molecule has 0 saturated carbocycles.